The third-order valence-electron chi connectivity index (χ3n) is 4.34. The van der Waals surface area contributed by atoms with E-state index in [0.29, 0.717) is 24.0 Å². The summed E-state index contributed by atoms with van der Waals surface area (Å²) in [6.45, 7) is 2.40. The summed E-state index contributed by atoms with van der Waals surface area (Å²) in [7, 11) is 0. The maximum atomic E-state index is 12.6. The number of rotatable bonds is 6. The van der Waals surface area contributed by atoms with Crippen molar-refractivity contribution in [3.63, 3.8) is 0 Å². The number of hydrogen-bond donors (Lipinski definition) is 2. The van der Waals surface area contributed by atoms with Crippen molar-refractivity contribution in [1.29, 1.82) is 0 Å². The summed E-state index contributed by atoms with van der Waals surface area (Å²) in [4.78, 5) is 23.2. The molecule has 2 aromatic rings. The van der Waals surface area contributed by atoms with Gasteiger partial charge in [-0.15, -0.1) is 0 Å². The number of carbonyl (C=O) groups is 1. The molecule has 1 unspecified atom stereocenters. The summed E-state index contributed by atoms with van der Waals surface area (Å²) >= 11 is 0. The number of non-ortho nitro benzene ring substituents is 1. The zero-order valence-electron chi connectivity index (χ0n) is 14.3. The van der Waals surface area contributed by atoms with E-state index in [0.717, 1.165) is 25.9 Å². The Morgan fingerprint density at radius 3 is 2.77 bits per heavy atom. The smallest absolute Gasteiger partial charge is 0.270 e. The van der Waals surface area contributed by atoms with Gasteiger partial charge in [0, 0.05) is 18.7 Å². The van der Waals surface area contributed by atoms with Crippen LogP contribution in [0.4, 0.5) is 5.69 Å². The van der Waals surface area contributed by atoms with Crippen LogP contribution in [0.15, 0.2) is 48.5 Å². The average Bonchev–Trinajstić information content (AvgIpc) is 2.68. The lowest BCUT2D eigenvalue weighted by molar-refractivity contribution is -0.384. The Morgan fingerprint density at radius 2 is 2.08 bits per heavy atom. The Bertz CT molecular complexity index is 774. The minimum absolute atomic E-state index is 0.144. The Morgan fingerprint density at radius 1 is 1.27 bits per heavy atom. The van der Waals surface area contributed by atoms with E-state index >= 15 is 0 Å². The molecule has 2 aromatic carbocycles. The molecule has 7 heteroatoms. The number of benzene rings is 2. The molecule has 1 fully saturated rings. The predicted molar refractivity (Wildman–Crippen MR) is 97.5 cm³/mol. The number of para-hydroxylation sites is 1. The lowest BCUT2D eigenvalue weighted by Crippen LogP contribution is -2.38. The first-order chi connectivity index (χ1) is 12.6. The molecule has 26 heavy (non-hydrogen) atoms. The zero-order valence-corrected chi connectivity index (χ0v) is 14.3. The zero-order chi connectivity index (χ0) is 18.4. The van der Waals surface area contributed by atoms with Gasteiger partial charge in [0.1, 0.15) is 11.5 Å². The van der Waals surface area contributed by atoms with E-state index in [1.807, 2.05) is 18.2 Å². The maximum absolute atomic E-state index is 12.6. The van der Waals surface area contributed by atoms with Gasteiger partial charge in [0.2, 0.25) is 0 Å². The Balaban J connectivity index is 1.78. The van der Waals surface area contributed by atoms with Crippen molar-refractivity contribution in [3.8, 4) is 11.5 Å². The van der Waals surface area contributed by atoms with Crippen LogP contribution in [-0.4, -0.2) is 30.5 Å². The van der Waals surface area contributed by atoms with Gasteiger partial charge in [0.25, 0.3) is 11.6 Å². The highest BCUT2D eigenvalue weighted by Crippen LogP contribution is 2.28. The monoisotopic (exact) mass is 355 g/mol. The number of piperidine rings is 1. The molecule has 1 amide bonds. The molecule has 0 saturated carbocycles. The molecule has 1 heterocycles. The largest absolute Gasteiger partial charge is 0.457 e. The van der Waals surface area contributed by atoms with E-state index in [-0.39, 0.29) is 17.2 Å². The predicted octanol–water partition coefficient (Wildman–Crippen LogP) is 3.12. The molecule has 0 radical (unpaired) electrons. The first-order valence-corrected chi connectivity index (χ1v) is 8.64. The van der Waals surface area contributed by atoms with Gasteiger partial charge in [-0.25, -0.2) is 0 Å². The maximum Gasteiger partial charge on any atom is 0.270 e. The van der Waals surface area contributed by atoms with Gasteiger partial charge in [-0.3, -0.25) is 14.9 Å². The Labute approximate surface area is 151 Å². The van der Waals surface area contributed by atoms with E-state index in [1.165, 1.54) is 18.2 Å². The standard InChI is InChI=1S/C19H21N3O4/c23-19(21-13-14-5-4-10-20-12-14)17-11-15(22(24)25)8-9-18(17)26-16-6-2-1-3-7-16/h1-3,6-9,11,14,20H,4-5,10,12-13H2,(H,21,23). The van der Waals surface area contributed by atoms with Crippen LogP contribution in [0.2, 0.25) is 0 Å². The normalized spacial score (nSPS) is 16.7. The van der Waals surface area contributed by atoms with Crippen LogP contribution < -0.4 is 15.4 Å². The number of nitro groups is 1. The second-order valence-electron chi connectivity index (χ2n) is 6.28. The molecule has 2 N–H and O–H groups in total. The highest BCUT2D eigenvalue weighted by atomic mass is 16.6. The van der Waals surface area contributed by atoms with Crippen molar-refractivity contribution in [2.75, 3.05) is 19.6 Å². The topological polar surface area (TPSA) is 93.5 Å². The van der Waals surface area contributed by atoms with Gasteiger partial charge >= 0.3 is 0 Å². The first kappa shape index (κ1) is 17.9. The van der Waals surface area contributed by atoms with Gasteiger partial charge in [-0.2, -0.15) is 0 Å². The van der Waals surface area contributed by atoms with Gasteiger partial charge in [0.05, 0.1) is 10.5 Å². The second kappa shape index (κ2) is 8.44. The molecule has 0 aromatic heterocycles. The summed E-state index contributed by atoms with van der Waals surface area (Å²) in [6.07, 6.45) is 2.13. The second-order valence-corrected chi connectivity index (χ2v) is 6.28. The first-order valence-electron chi connectivity index (χ1n) is 8.64. The highest BCUT2D eigenvalue weighted by Gasteiger charge is 2.20. The lowest BCUT2D eigenvalue weighted by atomic mass is 9.99. The number of nitro benzene ring substituents is 1. The molecule has 0 aliphatic carbocycles. The molecule has 0 bridgehead atoms. The molecule has 0 spiro atoms. The van der Waals surface area contributed by atoms with Crippen LogP contribution in [-0.2, 0) is 0 Å². The van der Waals surface area contributed by atoms with E-state index in [4.69, 9.17) is 4.74 Å². The van der Waals surface area contributed by atoms with Crippen LogP contribution in [0, 0.1) is 16.0 Å². The number of ether oxygens (including phenoxy) is 1. The number of amides is 1. The third kappa shape index (κ3) is 4.58. The number of carbonyl (C=O) groups excluding carboxylic acids is 1. The van der Waals surface area contributed by atoms with Crippen LogP contribution >= 0.6 is 0 Å². The van der Waals surface area contributed by atoms with Crippen LogP contribution in [0.25, 0.3) is 0 Å². The van der Waals surface area contributed by atoms with E-state index in [1.54, 1.807) is 12.1 Å². The molecule has 136 valence electrons. The molecule has 7 nitrogen and oxygen atoms in total. The Kier molecular flexibility index (Phi) is 5.80. The molecular formula is C19H21N3O4. The molecular weight excluding hydrogens is 334 g/mol. The van der Waals surface area contributed by atoms with Crippen molar-refractivity contribution < 1.29 is 14.5 Å². The SMILES string of the molecule is O=C(NCC1CCCNC1)c1cc([N+](=O)[O-])ccc1Oc1ccccc1. The van der Waals surface area contributed by atoms with Crippen LogP contribution in [0.5, 0.6) is 11.5 Å². The van der Waals surface area contributed by atoms with E-state index in [2.05, 4.69) is 10.6 Å². The number of nitrogens with zero attached hydrogens (tertiary/aromatic N) is 1. The summed E-state index contributed by atoms with van der Waals surface area (Å²) < 4.78 is 5.76. The quantitative estimate of drug-likeness (QED) is 0.613. The van der Waals surface area contributed by atoms with Crippen molar-refractivity contribution in [3.05, 3.63) is 64.2 Å². The van der Waals surface area contributed by atoms with E-state index in [9.17, 15) is 14.9 Å². The summed E-state index contributed by atoms with van der Waals surface area (Å²) in [6, 6.07) is 13.1. The average molecular weight is 355 g/mol. The van der Waals surface area contributed by atoms with Gasteiger partial charge in [-0.1, -0.05) is 18.2 Å². The van der Waals surface area contributed by atoms with E-state index < -0.39 is 4.92 Å². The minimum atomic E-state index is -0.520. The van der Waals surface area contributed by atoms with Crippen molar-refractivity contribution in [2.24, 2.45) is 5.92 Å². The fraction of sp³-hybridized carbons (Fsp3) is 0.316. The van der Waals surface area contributed by atoms with Gasteiger partial charge in [-0.05, 0) is 50.0 Å². The highest BCUT2D eigenvalue weighted by molar-refractivity contribution is 5.97. The fourth-order valence-electron chi connectivity index (χ4n) is 2.94. The summed E-state index contributed by atoms with van der Waals surface area (Å²) in [5.41, 5.74) is 0.0155. The number of nitrogens with one attached hydrogen (secondary N) is 2. The van der Waals surface area contributed by atoms with Crippen molar-refractivity contribution in [1.82, 2.24) is 10.6 Å². The van der Waals surface area contributed by atoms with Crippen LogP contribution in [0.3, 0.4) is 0 Å². The van der Waals surface area contributed by atoms with Gasteiger partial charge < -0.3 is 15.4 Å². The van der Waals surface area contributed by atoms with Crippen LogP contribution in [0.1, 0.15) is 23.2 Å². The lowest BCUT2D eigenvalue weighted by Gasteiger charge is -2.23. The third-order valence-corrected chi connectivity index (χ3v) is 4.34. The Hall–Kier alpha value is -2.93. The van der Waals surface area contributed by atoms with Crippen molar-refractivity contribution >= 4 is 11.6 Å². The molecule has 1 atom stereocenters. The number of hydrogen-bond acceptors (Lipinski definition) is 5. The minimum Gasteiger partial charge on any atom is -0.457 e. The fourth-order valence-corrected chi connectivity index (χ4v) is 2.94. The summed E-state index contributed by atoms with van der Waals surface area (Å²) in [5.74, 6) is 0.850. The summed E-state index contributed by atoms with van der Waals surface area (Å²) in [5, 5.41) is 17.3. The molecule has 1 aliphatic rings. The molecule has 3 rings (SSSR count). The van der Waals surface area contributed by atoms with Gasteiger partial charge in [0.15, 0.2) is 0 Å². The molecule has 1 saturated heterocycles. The molecule has 1 aliphatic heterocycles. The van der Waals surface area contributed by atoms with Crippen molar-refractivity contribution in [2.45, 2.75) is 12.8 Å².